The Balaban J connectivity index is 1.55. The number of esters is 1. The van der Waals surface area contributed by atoms with E-state index >= 15 is 0 Å². The number of nitrogens with zero attached hydrogens (tertiary/aromatic N) is 3. The number of ether oxygens (including phenoxy) is 3. The maximum Gasteiger partial charge on any atom is 0.313 e. The summed E-state index contributed by atoms with van der Waals surface area (Å²) in [5, 5.41) is 10.5. The van der Waals surface area contributed by atoms with Gasteiger partial charge in [0, 0.05) is 32.7 Å². The number of cyclic esters (lactones) is 1. The fourth-order valence-corrected chi connectivity index (χ4v) is 7.29. The van der Waals surface area contributed by atoms with Gasteiger partial charge in [-0.05, 0) is 38.5 Å². The van der Waals surface area contributed by atoms with Gasteiger partial charge in [0.1, 0.15) is 17.6 Å². The Bertz CT molecular complexity index is 1020. The number of allylic oxidation sites excluding steroid dienone is 1. The zero-order chi connectivity index (χ0) is 28.5. The van der Waals surface area contributed by atoms with E-state index in [1.807, 2.05) is 45.1 Å². The summed E-state index contributed by atoms with van der Waals surface area (Å²) < 4.78 is 18.0. The molecule has 5 rings (SSSR count). The molecular formula is C30H45N3O7. The third kappa shape index (κ3) is 5.24. The predicted molar refractivity (Wildman–Crippen MR) is 147 cm³/mol. The van der Waals surface area contributed by atoms with Crippen LogP contribution in [0, 0.1) is 17.8 Å². The van der Waals surface area contributed by atoms with Crippen molar-refractivity contribution < 1.29 is 33.7 Å². The summed E-state index contributed by atoms with van der Waals surface area (Å²) in [7, 11) is 0. The van der Waals surface area contributed by atoms with Crippen molar-refractivity contribution in [2.75, 3.05) is 59.2 Å². The van der Waals surface area contributed by atoms with Crippen LogP contribution in [0.1, 0.15) is 46.5 Å². The molecule has 5 aliphatic heterocycles. The van der Waals surface area contributed by atoms with Crippen molar-refractivity contribution in [2.24, 2.45) is 17.8 Å². The van der Waals surface area contributed by atoms with Gasteiger partial charge in [0.2, 0.25) is 11.8 Å². The number of amides is 2. The molecule has 1 spiro atoms. The number of carbonyl (C=O) groups is 3. The van der Waals surface area contributed by atoms with Crippen molar-refractivity contribution in [3.05, 3.63) is 24.3 Å². The van der Waals surface area contributed by atoms with E-state index < -0.39 is 41.1 Å². The van der Waals surface area contributed by atoms with Crippen LogP contribution in [-0.2, 0) is 28.6 Å². The fourth-order valence-electron chi connectivity index (χ4n) is 7.29. The minimum Gasteiger partial charge on any atom is -0.465 e. The number of hydrogen-bond donors (Lipinski definition) is 1. The molecule has 0 aliphatic carbocycles. The van der Waals surface area contributed by atoms with Crippen molar-refractivity contribution in [3.63, 3.8) is 0 Å². The van der Waals surface area contributed by atoms with E-state index in [2.05, 4.69) is 4.90 Å². The molecule has 0 aromatic carbocycles. The van der Waals surface area contributed by atoms with Gasteiger partial charge in [0.05, 0.1) is 44.0 Å². The first-order chi connectivity index (χ1) is 19.2. The van der Waals surface area contributed by atoms with Gasteiger partial charge in [-0.25, -0.2) is 0 Å². The second-order valence-electron chi connectivity index (χ2n) is 12.4. The molecule has 3 fully saturated rings. The molecule has 0 saturated carbocycles. The van der Waals surface area contributed by atoms with Crippen molar-refractivity contribution in [2.45, 2.75) is 69.7 Å². The highest BCUT2D eigenvalue weighted by atomic mass is 16.6. The standard InChI is InChI=1S/C30H45N3O7/c1-21(2)19-22(20-34)33-25-27(36)32(13-12-31-14-17-38-18-15-31)11-8-10-30(25)23(26(33)35)24-28(37)39-16-7-5-4-6-9-29(24,3)40-30/h6,8-10,21-25,34H,4-5,7,11-20H2,1-3H3/b9-6-/t22-,23+,24-,25?,29+,30+/m1/s1. The Kier molecular flexibility index (Phi) is 8.71. The molecule has 222 valence electrons. The van der Waals surface area contributed by atoms with Gasteiger partial charge in [0.25, 0.3) is 0 Å². The monoisotopic (exact) mass is 559 g/mol. The van der Waals surface area contributed by atoms with Crippen LogP contribution < -0.4 is 0 Å². The zero-order valence-electron chi connectivity index (χ0n) is 24.1. The van der Waals surface area contributed by atoms with Crippen molar-refractivity contribution in [1.82, 2.24) is 14.7 Å². The summed E-state index contributed by atoms with van der Waals surface area (Å²) in [4.78, 5) is 48.2. The number of carbonyl (C=O) groups excluding carboxylic acids is 3. The average molecular weight is 560 g/mol. The lowest BCUT2D eigenvalue weighted by Crippen LogP contribution is -2.59. The van der Waals surface area contributed by atoms with E-state index in [4.69, 9.17) is 14.2 Å². The minimum atomic E-state index is -1.34. The largest absolute Gasteiger partial charge is 0.465 e. The predicted octanol–water partition coefficient (Wildman–Crippen LogP) is 1.38. The maximum absolute atomic E-state index is 14.5. The van der Waals surface area contributed by atoms with Gasteiger partial charge in [-0.15, -0.1) is 0 Å². The first kappa shape index (κ1) is 29.2. The van der Waals surface area contributed by atoms with E-state index in [0.29, 0.717) is 39.3 Å². The molecule has 10 heteroatoms. The highest BCUT2D eigenvalue weighted by molar-refractivity contribution is 5.99. The number of morpholine rings is 1. The third-order valence-electron chi connectivity index (χ3n) is 9.16. The summed E-state index contributed by atoms with van der Waals surface area (Å²) >= 11 is 0. The summed E-state index contributed by atoms with van der Waals surface area (Å²) in [6.45, 7) is 10.5. The summed E-state index contributed by atoms with van der Waals surface area (Å²) in [5.74, 6) is -2.65. The molecule has 0 aromatic heterocycles. The van der Waals surface area contributed by atoms with Crippen LogP contribution in [0.15, 0.2) is 24.3 Å². The number of fused-ring (bicyclic) bond motifs is 2. The molecule has 5 heterocycles. The molecule has 1 N–H and O–H groups in total. The van der Waals surface area contributed by atoms with Gasteiger partial charge < -0.3 is 29.1 Å². The maximum atomic E-state index is 14.5. The topological polar surface area (TPSA) is 109 Å². The lowest BCUT2D eigenvalue weighted by molar-refractivity contribution is -0.162. The van der Waals surface area contributed by atoms with Gasteiger partial charge >= 0.3 is 5.97 Å². The van der Waals surface area contributed by atoms with Crippen molar-refractivity contribution >= 4 is 17.8 Å². The second-order valence-corrected chi connectivity index (χ2v) is 12.4. The molecule has 2 amide bonds. The van der Waals surface area contributed by atoms with E-state index in [-0.39, 0.29) is 30.9 Å². The molecule has 10 nitrogen and oxygen atoms in total. The summed E-state index contributed by atoms with van der Waals surface area (Å²) in [6, 6.07) is -1.56. The number of rotatable bonds is 7. The van der Waals surface area contributed by atoms with E-state index in [1.54, 1.807) is 9.80 Å². The lowest BCUT2D eigenvalue weighted by atomic mass is 9.74. The van der Waals surface area contributed by atoms with Gasteiger partial charge in [0.15, 0.2) is 0 Å². The van der Waals surface area contributed by atoms with Gasteiger partial charge in [-0.2, -0.15) is 0 Å². The number of aliphatic hydroxyl groups excluding tert-OH is 1. The molecule has 3 saturated heterocycles. The Morgan fingerprint density at radius 1 is 1.00 bits per heavy atom. The summed E-state index contributed by atoms with van der Waals surface area (Å²) in [5.41, 5.74) is -2.46. The molecule has 6 atom stereocenters. The highest BCUT2D eigenvalue weighted by Gasteiger charge is 2.75. The average Bonchev–Trinajstić information content (AvgIpc) is 3.27. The first-order valence-electron chi connectivity index (χ1n) is 15.0. The van der Waals surface area contributed by atoms with Crippen LogP contribution in [0.5, 0.6) is 0 Å². The SMILES string of the molecule is CC(C)C[C@H](CO)N1C(=O)[C@@H]2[C@@H]3C(=O)OCCCC/C=C\[C@]3(C)O[C@@]23C=CCN(CCN2CCOCC2)C(=O)C13. The van der Waals surface area contributed by atoms with Crippen LogP contribution >= 0.6 is 0 Å². The highest BCUT2D eigenvalue weighted by Crippen LogP contribution is 2.57. The fraction of sp³-hybridized carbons (Fsp3) is 0.767. The van der Waals surface area contributed by atoms with Crippen LogP contribution in [0.4, 0.5) is 0 Å². The first-order valence-corrected chi connectivity index (χ1v) is 15.0. The minimum absolute atomic E-state index is 0.183. The molecule has 0 aromatic rings. The Labute approximate surface area is 237 Å². The van der Waals surface area contributed by atoms with E-state index in [0.717, 1.165) is 32.4 Å². The molecule has 1 unspecified atom stereocenters. The van der Waals surface area contributed by atoms with E-state index in [1.165, 1.54) is 0 Å². The molecule has 0 radical (unpaired) electrons. The molecule has 0 bridgehead atoms. The normalized spacial score (nSPS) is 36.6. The molecular weight excluding hydrogens is 514 g/mol. The number of aliphatic hydroxyl groups is 1. The van der Waals surface area contributed by atoms with Crippen LogP contribution in [0.2, 0.25) is 0 Å². The smallest absolute Gasteiger partial charge is 0.313 e. The van der Waals surface area contributed by atoms with Crippen molar-refractivity contribution in [1.29, 1.82) is 0 Å². The quantitative estimate of drug-likeness (QED) is 0.368. The molecule has 5 aliphatic rings. The van der Waals surface area contributed by atoms with Gasteiger partial charge in [-0.1, -0.05) is 38.2 Å². The Hall–Kier alpha value is -2.27. The van der Waals surface area contributed by atoms with Crippen LogP contribution in [0.25, 0.3) is 0 Å². The van der Waals surface area contributed by atoms with E-state index in [9.17, 15) is 19.5 Å². The second kappa shape index (κ2) is 11.9. The number of likely N-dealkylation sites (tertiary alicyclic amines) is 1. The Morgan fingerprint density at radius 2 is 1.77 bits per heavy atom. The molecule has 40 heavy (non-hydrogen) atoms. The van der Waals surface area contributed by atoms with Crippen LogP contribution in [-0.4, -0.2) is 120 Å². The third-order valence-corrected chi connectivity index (χ3v) is 9.16. The zero-order valence-corrected chi connectivity index (χ0v) is 24.1. The van der Waals surface area contributed by atoms with Crippen LogP contribution in [0.3, 0.4) is 0 Å². The Morgan fingerprint density at radius 3 is 2.50 bits per heavy atom. The lowest BCUT2D eigenvalue weighted by Gasteiger charge is -2.40. The van der Waals surface area contributed by atoms with Crippen molar-refractivity contribution in [3.8, 4) is 0 Å². The number of hydrogen-bond acceptors (Lipinski definition) is 8. The van der Waals surface area contributed by atoms with Gasteiger partial charge in [-0.3, -0.25) is 19.3 Å². The summed E-state index contributed by atoms with van der Waals surface area (Å²) in [6.07, 6.45) is 10.7.